The van der Waals surface area contributed by atoms with Crippen molar-refractivity contribution in [1.29, 1.82) is 10.5 Å². The van der Waals surface area contributed by atoms with Gasteiger partial charge in [0.1, 0.15) is 0 Å². The van der Waals surface area contributed by atoms with Gasteiger partial charge in [-0.1, -0.05) is 0 Å². The molecule has 0 aromatic carbocycles. The Morgan fingerprint density at radius 2 is 2.12 bits per heavy atom. The fourth-order valence-corrected chi connectivity index (χ4v) is 0.907. The molecule has 0 rings (SSSR count). The van der Waals surface area contributed by atoms with E-state index in [0.29, 0.717) is 0 Å². The molecule has 0 radical (unpaired) electrons. The first-order valence-electron chi connectivity index (χ1n) is 1.36. The normalized spacial score (nSPS) is 6.25. The van der Waals surface area contributed by atoms with Crippen LogP contribution in [0.4, 0.5) is 0 Å². The Hall–Kier alpha value is -0.551. The molecule has 0 atom stereocenters. The Morgan fingerprint density at radius 1 is 1.38 bits per heavy atom. The van der Waals surface area contributed by atoms with Crippen molar-refractivity contribution in [2.75, 3.05) is 0 Å². The fourth-order valence-electron chi connectivity index (χ4n) is 0.0582. The molecule has 0 aromatic heterocycles. The molecule has 0 aliphatic rings. The first-order chi connectivity index (χ1) is 3.91. The molecule has 0 fully saturated rings. The average molecular weight is 195 g/mol. The molecule has 0 spiro atoms. The van der Waals surface area contributed by atoms with Crippen LogP contribution in [-0.2, 0) is 8.00 Å². The van der Waals surface area contributed by atoms with Crippen molar-refractivity contribution in [2.45, 2.75) is 0 Å². The van der Waals surface area contributed by atoms with Gasteiger partial charge >= 0.3 is 55.7 Å². The zero-order valence-electron chi connectivity index (χ0n) is 3.53. The van der Waals surface area contributed by atoms with E-state index in [1.807, 2.05) is 0 Å². The van der Waals surface area contributed by atoms with Gasteiger partial charge in [-0.25, -0.2) is 0 Å². The molecule has 0 saturated carbocycles. The van der Waals surface area contributed by atoms with Gasteiger partial charge in [-0.05, 0) is 0 Å². The zero-order valence-corrected chi connectivity index (χ0v) is 6.06. The third-order valence-corrected chi connectivity index (χ3v) is 1.80. The molecule has 0 saturated heterocycles. The average Bonchev–Trinajstić information content (AvgIpc) is 1.81. The van der Waals surface area contributed by atoms with Gasteiger partial charge in [0.05, 0.1) is 0 Å². The van der Waals surface area contributed by atoms with Crippen LogP contribution in [0.2, 0.25) is 0 Å². The Kier molecular flexibility index (Phi) is 6.01. The second-order valence-corrected chi connectivity index (χ2v) is 2.99. The van der Waals surface area contributed by atoms with Gasteiger partial charge in [-0.15, -0.1) is 0 Å². The SMILES string of the molecule is N#COS[Se]OC#N. The van der Waals surface area contributed by atoms with Crippen LogP contribution in [0.1, 0.15) is 0 Å². The summed E-state index contributed by atoms with van der Waals surface area (Å²) in [6, 6.07) is 0. The van der Waals surface area contributed by atoms with E-state index in [9.17, 15) is 0 Å². The van der Waals surface area contributed by atoms with Gasteiger partial charge in [0.15, 0.2) is 0 Å². The molecule has 0 heterocycles. The summed E-state index contributed by atoms with van der Waals surface area (Å²) >= 11 is -0.412. The molecular weight excluding hydrogens is 195 g/mol. The van der Waals surface area contributed by atoms with Gasteiger partial charge < -0.3 is 0 Å². The third-order valence-electron chi connectivity index (χ3n) is 0.170. The van der Waals surface area contributed by atoms with E-state index < -0.39 is 14.2 Å². The number of rotatable bonds is 3. The third kappa shape index (κ3) is 5.45. The van der Waals surface area contributed by atoms with Crippen molar-refractivity contribution in [1.82, 2.24) is 0 Å². The Bertz CT molecular complexity index is 111. The first kappa shape index (κ1) is 7.45. The molecule has 0 aliphatic heterocycles. The second-order valence-electron chi connectivity index (χ2n) is 0.485. The number of hydrogen-bond donors (Lipinski definition) is 0. The van der Waals surface area contributed by atoms with E-state index in [1.54, 1.807) is 0 Å². The molecule has 42 valence electrons. The van der Waals surface area contributed by atoms with Crippen LogP contribution < -0.4 is 0 Å². The second kappa shape index (κ2) is 6.45. The summed E-state index contributed by atoms with van der Waals surface area (Å²) in [5.74, 6) is 0. The standard InChI is InChI=1S/C2N2O2SSe/c3-1-5-7-8-6-2-4. The van der Waals surface area contributed by atoms with Crippen LogP contribution in [-0.4, -0.2) is 14.2 Å². The van der Waals surface area contributed by atoms with E-state index in [4.69, 9.17) is 10.5 Å². The molecule has 0 aliphatic carbocycles. The van der Waals surface area contributed by atoms with Crippen LogP contribution in [0.5, 0.6) is 0 Å². The predicted octanol–water partition coefficient (Wildman–Crippen LogP) is 0.164. The van der Waals surface area contributed by atoms with Crippen molar-refractivity contribution in [2.24, 2.45) is 0 Å². The van der Waals surface area contributed by atoms with Crippen molar-refractivity contribution in [3.8, 4) is 12.5 Å². The van der Waals surface area contributed by atoms with Crippen molar-refractivity contribution in [3.63, 3.8) is 0 Å². The summed E-state index contributed by atoms with van der Waals surface area (Å²) < 4.78 is 8.30. The molecule has 0 amide bonds. The van der Waals surface area contributed by atoms with Crippen molar-refractivity contribution in [3.05, 3.63) is 0 Å². The van der Waals surface area contributed by atoms with Gasteiger partial charge in [-0.3, -0.25) is 0 Å². The molecule has 0 bridgehead atoms. The van der Waals surface area contributed by atoms with E-state index in [0.717, 1.165) is 10.5 Å². The van der Waals surface area contributed by atoms with Crippen LogP contribution in [0.15, 0.2) is 0 Å². The first-order valence-corrected chi connectivity index (χ1v) is 4.82. The Labute approximate surface area is 56.1 Å². The molecule has 8 heavy (non-hydrogen) atoms. The number of nitriles is 2. The zero-order chi connectivity index (χ0) is 6.24. The van der Waals surface area contributed by atoms with Gasteiger partial charge in [0.25, 0.3) is 0 Å². The van der Waals surface area contributed by atoms with E-state index >= 15 is 0 Å². The van der Waals surface area contributed by atoms with Gasteiger partial charge in [0.2, 0.25) is 0 Å². The van der Waals surface area contributed by atoms with Crippen LogP contribution in [0.25, 0.3) is 0 Å². The molecule has 0 aromatic rings. The predicted molar refractivity (Wildman–Crippen MR) is 26.7 cm³/mol. The van der Waals surface area contributed by atoms with E-state index in [-0.39, 0.29) is 0 Å². The monoisotopic (exact) mass is 196 g/mol. The summed E-state index contributed by atoms with van der Waals surface area (Å²) in [6.07, 6.45) is 2.86. The Morgan fingerprint density at radius 3 is 2.62 bits per heavy atom. The van der Waals surface area contributed by atoms with Crippen molar-refractivity contribution < 1.29 is 8.00 Å². The number of nitrogens with zero attached hydrogens (tertiary/aromatic N) is 2. The molecule has 0 unspecified atom stereocenters. The number of hydrogen-bond acceptors (Lipinski definition) is 5. The van der Waals surface area contributed by atoms with Gasteiger partial charge in [0, 0.05) is 0 Å². The molecule has 4 nitrogen and oxygen atoms in total. The topological polar surface area (TPSA) is 66.0 Å². The molecule has 0 N–H and O–H groups in total. The molecular formula is C2N2O2SSe. The van der Waals surface area contributed by atoms with E-state index in [2.05, 4.69) is 8.00 Å². The van der Waals surface area contributed by atoms with Crippen LogP contribution in [0, 0.1) is 23.0 Å². The summed E-state index contributed by atoms with van der Waals surface area (Å²) in [4.78, 5) is 0. The van der Waals surface area contributed by atoms with Crippen LogP contribution in [0.3, 0.4) is 0 Å². The summed E-state index contributed by atoms with van der Waals surface area (Å²) in [6.45, 7) is 0. The summed E-state index contributed by atoms with van der Waals surface area (Å²) in [7, 11) is 0.834. The minimum atomic E-state index is -0.412. The maximum atomic E-state index is 7.76. The van der Waals surface area contributed by atoms with E-state index in [1.165, 1.54) is 12.5 Å². The summed E-state index contributed by atoms with van der Waals surface area (Å²) in [5.41, 5.74) is 0. The van der Waals surface area contributed by atoms with Crippen LogP contribution >= 0.6 is 10.5 Å². The van der Waals surface area contributed by atoms with Crippen molar-refractivity contribution >= 4 is 24.6 Å². The fraction of sp³-hybridized carbons (Fsp3) is 0. The maximum absolute atomic E-state index is 7.76. The van der Waals surface area contributed by atoms with Gasteiger partial charge in [-0.2, -0.15) is 0 Å². The molecule has 6 heteroatoms. The quantitative estimate of drug-likeness (QED) is 0.278. The summed E-state index contributed by atoms with van der Waals surface area (Å²) in [5, 5.41) is 15.5. The Balaban J connectivity index is 2.77. The minimum absolute atomic E-state index is 0.412.